The molecule has 1 aliphatic carbocycles. The average molecular weight is 199 g/mol. The van der Waals surface area contributed by atoms with Crippen molar-refractivity contribution >= 4 is 0 Å². The molecule has 1 fully saturated rings. The summed E-state index contributed by atoms with van der Waals surface area (Å²) in [5, 5.41) is 3.59. The topological polar surface area (TPSA) is 21.3 Å². The van der Waals surface area contributed by atoms with Crippen LogP contribution in [0.2, 0.25) is 0 Å². The van der Waals surface area contributed by atoms with Crippen molar-refractivity contribution in [2.75, 3.05) is 13.2 Å². The van der Waals surface area contributed by atoms with Gasteiger partial charge in [0.2, 0.25) is 0 Å². The largest absolute Gasteiger partial charge is 0.375 e. The zero-order valence-corrected chi connectivity index (χ0v) is 10.3. The second-order valence-electron chi connectivity index (χ2n) is 5.45. The van der Waals surface area contributed by atoms with Gasteiger partial charge in [-0.2, -0.15) is 0 Å². The molecule has 14 heavy (non-hydrogen) atoms. The lowest BCUT2D eigenvalue weighted by Crippen LogP contribution is -2.44. The number of ether oxygens (including phenoxy) is 1. The standard InChI is InChI=1S/C12H25NO/c1-6-14-11(3,4)9-13-10(2)12(5)7-8-12/h10,13H,6-9H2,1-5H3. The number of hydrogen-bond donors (Lipinski definition) is 1. The molecule has 84 valence electrons. The quantitative estimate of drug-likeness (QED) is 0.710. The zero-order chi connectivity index (χ0) is 10.8. The maximum Gasteiger partial charge on any atom is 0.0750 e. The summed E-state index contributed by atoms with van der Waals surface area (Å²) >= 11 is 0. The van der Waals surface area contributed by atoms with Crippen molar-refractivity contribution in [3.63, 3.8) is 0 Å². The third-order valence-corrected chi connectivity index (χ3v) is 3.45. The monoisotopic (exact) mass is 199 g/mol. The van der Waals surface area contributed by atoms with Gasteiger partial charge < -0.3 is 10.1 Å². The molecule has 1 rings (SSSR count). The van der Waals surface area contributed by atoms with Crippen LogP contribution in [0.3, 0.4) is 0 Å². The molecule has 0 bridgehead atoms. The molecule has 2 nitrogen and oxygen atoms in total. The van der Waals surface area contributed by atoms with E-state index >= 15 is 0 Å². The first kappa shape index (κ1) is 12.0. The molecule has 1 saturated carbocycles. The van der Waals surface area contributed by atoms with Gasteiger partial charge in [0.1, 0.15) is 0 Å². The fourth-order valence-electron chi connectivity index (χ4n) is 1.72. The molecule has 0 aromatic rings. The lowest BCUT2D eigenvalue weighted by atomic mass is 10.00. The third kappa shape index (κ3) is 3.25. The van der Waals surface area contributed by atoms with Crippen LogP contribution in [0.5, 0.6) is 0 Å². The van der Waals surface area contributed by atoms with Gasteiger partial charge in [-0.1, -0.05) is 6.92 Å². The van der Waals surface area contributed by atoms with Gasteiger partial charge in [0, 0.05) is 19.2 Å². The highest BCUT2D eigenvalue weighted by Gasteiger charge is 2.42. The van der Waals surface area contributed by atoms with Gasteiger partial charge in [0.05, 0.1) is 5.60 Å². The Morgan fingerprint density at radius 3 is 2.43 bits per heavy atom. The van der Waals surface area contributed by atoms with E-state index in [2.05, 4.69) is 33.0 Å². The van der Waals surface area contributed by atoms with E-state index in [1.54, 1.807) is 0 Å². The van der Waals surface area contributed by atoms with E-state index in [9.17, 15) is 0 Å². The summed E-state index contributed by atoms with van der Waals surface area (Å²) < 4.78 is 5.65. The molecular formula is C12H25NO. The predicted octanol–water partition coefficient (Wildman–Crippen LogP) is 2.58. The molecule has 0 heterocycles. The van der Waals surface area contributed by atoms with Gasteiger partial charge in [-0.25, -0.2) is 0 Å². The summed E-state index contributed by atoms with van der Waals surface area (Å²) in [5.74, 6) is 0. The Morgan fingerprint density at radius 2 is 2.00 bits per heavy atom. The number of rotatable bonds is 6. The molecule has 0 radical (unpaired) electrons. The van der Waals surface area contributed by atoms with Crippen molar-refractivity contribution in [2.45, 2.75) is 59.1 Å². The summed E-state index contributed by atoms with van der Waals surface area (Å²) in [6.07, 6.45) is 2.74. The van der Waals surface area contributed by atoms with Crippen LogP contribution in [0.1, 0.15) is 47.5 Å². The minimum absolute atomic E-state index is 0.0335. The van der Waals surface area contributed by atoms with E-state index in [4.69, 9.17) is 4.74 Å². The molecule has 0 spiro atoms. The highest BCUT2D eigenvalue weighted by molar-refractivity contribution is 4.97. The van der Waals surface area contributed by atoms with Gasteiger partial charge in [0.15, 0.2) is 0 Å². The molecule has 1 N–H and O–H groups in total. The van der Waals surface area contributed by atoms with Crippen molar-refractivity contribution in [2.24, 2.45) is 5.41 Å². The number of hydrogen-bond acceptors (Lipinski definition) is 2. The number of nitrogens with one attached hydrogen (secondary N) is 1. The first-order valence-electron chi connectivity index (χ1n) is 5.77. The maximum atomic E-state index is 5.65. The molecule has 2 heteroatoms. The fourth-order valence-corrected chi connectivity index (χ4v) is 1.72. The SMILES string of the molecule is CCOC(C)(C)CNC(C)C1(C)CC1. The Kier molecular flexibility index (Phi) is 3.59. The highest BCUT2D eigenvalue weighted by atomic mass is 16.5. The Hall–Kier alpha value is -0.0800. The van der Waals surface area contributed by atoms with Crippen molar-refractivity contribution in [1.29, 1.82) is 0 Å². The second kappa shape index (κ2) is 4.19. The summed E-state index contributed by atoms with van der Waals surface area (Å²) in [5.41, 5.74) is 0.524. The van der Waals surface area contributed by atoms with E-state index < -0.39 is 0 Å². The van der Waals surface area contributed by atoms with Crippen LogP contribution in [-0.2, 0) is 4.74 Å². The highest BCUT2D eigenvalue weighted by Crippen LogP contribution is 2.47. The fraction of sp³-hybridized carbons (Fsp3) is 1.00. The van der Waals surface area contributed by atoms with Crippen LogP contribution >= 0.6 is 0 Å². The molecule has 1 aliphatic rings. The molecule has 1 unspecified atom stereocenters. The first-order valence-corrected chi connectivity index (χ1v) is 5.77. The Labute approximate surface area is 88.4 Å². The normalized spacial score (nSPS) is 22.1. The minimum atomic E-state index is -0.0335. The second-order valence-corrected chi connectivity index (χ2v) is 5.45. The van der Waals surface area contributed by atoms with E-state index in [1.165, 1.54) is 12.8 Å². The summed E-state index contributed by atoms with van der Waals surface area (Å²) in [6.45, 7) is 12.7. The molecule has 0 aromatic heterocycles. The van der Waals surface area contributed by atoms with Gasteiger partial charge in [-0.15, -0.1) is 0 Å². The van der Waals surface area contributed by atoms with Crippen molar-refractivity contribution in [1.82, 2.24) is 5.32 Å². The molecule has 1 atom stereocenters. The van der Waals surface area contributed by atoms with Gasteiger partial charge >= 0.3 is 0 Å². The van der Waals surface area contributed by atoms with Crippen LogP contribution in [0, 0.1) is 5.41 Å². The Morgan fingerprint density at radius 1 is 1.43 bits per heavy atom. The van der Waals surface area contributed by atoms with Crippen LogP contribution in [0.4, 0.5) is 0 Å². The van der Waals surface area contributed by atoms with Crippen molar-refractivity contribution in [3.8, 4) is 0 Å². The molecule has 0 aromatic carbocycles. The van der Waals surface area contributed by atoms with Crippen LogP contribution < -0.4 is 5.32 Å². The summed E-state index contributed by atoms with van der Waals surface area (Å²) in [4.78, 5) is 0. The van der Waals surface area contributed by atoms with Crippen molar-refractivity contribution in [3.05, 3.63) is 0 Å². The van der Waals surface area contributed by atoms with Crippen molar-refractivity contribution < 1.29 is 4.74 Å². The molecular weight excluding hydrogens is 174 g/mol. The first-order chi connectivity index (χ1) is 6.40. The Bertz CT molecular complexity index is 185. The zero-order valence-electron chi connectivity index (χ0n) is 10.3. The predicted molar refractivity (Wildman–Crippen MR) is 60.5 cm³/mol. The summed E-state index contributed by atoms with van der Waals surface area (Å²) in [6, 6.07) is 0.613. The lowest BCUT2D eigenvalue weighted by Gasteiger charge is -2.29. The van der Waals surface area contributed by atoms with E-state index in [-0.39, 0.29) is 5.60 Å². The van der Waals surface area contributed by atoms with Crippen LogP contribution in [-0.4, -0.2) is 24.8 Å². The molecule has 0 aliphatic heterocycles. The maximum absolute atomic E-state index is 5.65. The van der Waals surface area contributed by atoms with Gasteiger partial charge in [-0.3, -0.25) is 0 Å². The smallest absolute Gasteiger partial charge is 0.0750 e. The minimum Gasteiger partial charge on any atom is -0.375 e. The summed E-state index contributed by atoms with van der Waals surface area (Å²) in [7, 11) is 0. The van der Waals surface area contributed by atoms with Gasteiger partial charge in [-0.05, 0) is 46.0 Å². The average Bonchev–Trinajstić information content (AvgIpc) is 2.81. The van der Waals surface area contributed by atoms with E-state index in [0.717, 1.165) is 13.2 Å². The van der Waals surface area contributed by atoms with Crippen LogP contribution in [0.25, 0.3) is 0 Å². The van der Waals surface area contributed by atoms with E-state index in [1.807, 2.05) is 6.92 Å². The lowest BCUT2D eigenvalue weighted by molar-refractivity contribution is -0.0115. The Balaban J connectivity index is 2.25. The van der Waals surface area contributed by atoms with E-state index in [0.29, 0.717) is 11.5 Å². The van der Waals surface area contributed by atoms with Gasteiger partial charge in [0.25, 0.3) is 0 Å². The molecule has 0 amide bonds. The van der Waals surface area contributed by atoms with Crippen LogP contribution in [0.15, 0.2) is 0 Å². The third-order valence-electron chi connectivity index (χ3n) is 3.45. The molecule has 0 saturated heterocycles.